The second-order valence-electron chi connectivity index (χ2n) is 6.47. The molecule has 1 unspecified atom stereocenters. The Morgan fingerprint density at radius 1 is 1.28 bits per heavy atom. The Morgan fingerprint density at radius 3 is 2.80 bits per heavy atom. The number of fused-ring (bicyclic) bond motifs is 1. The van der Waals surface area contributed by atoms with E-state index in [1.165, 1.54) is 11.1 Å². The van der Waals surface area contributed by atoms with Crippen molar-refractivity contribution in [1.82, 2.24) is 20.0 Å². The van der Waals surface area contributed by atoms with Crippen molar-refractivity contribution in [2.24, 2.45) is 0 Å². The van der Waals surface area contributed by atoms with Gasteiger partial charge in [0.05, 0.1) is 11.9 Å². The number of urea groups is 1. The Bertz CT molecular complexity index is 711. The average molecular weight is 341 g/mol. The van der Waals surface area contributed by atoms with Crippen LogP contribution in [0, 0.1) is 0 Å². The fourth-order valence-electron chi connectivity index (χ4n) is 3.35. The van der Waals surface area contributed by atoms with Crippen molar-refractivity contribution in [3.05, 3.63) is 47.8 Å². The van der Waals surface area contributed by atoms with Gasteiger partial charge in [0.25, 0.3) is 0 Å². The Hall–Kier alpha value is -2.34. The van der Waals surface area contributed by atoms with Crippen LogP contribution >= 0.6 is 0 Å². The van der Waals surface area contributed by atoms with Crippen molar-refractivity contribution in [1.29, 1.82) is 0 Å². The number of benzene rings is 1. The van der Waals surface area contributed by atoms with Crippen molar-refractivity contribution in [2.45, 2.75) is 45.8 Å². The summed E-state index contributed by atoms with van der Waals surface area (Å²) >= 11 is 0. The van der Waals surface area contributed by atoms with E-state index in [2.05, 4.69) is 51.8 Å². The molecule has 2 heterocycles. The zero-order chi connectivity index (χ0) is 17.6. The number of aryl methyl sites for hydroxylation is 1. The van der Waals surface area contributed by atoms with Crippen LogP contribution in [0.3, 0.4) is 0 Å². The Kier molecular flexibility index (Phi) is 5.71. The van der Waals surface area contributed by atoms with Crippen LogP contribution in [-0.4, -0.2) is 39.8 Å². The molecule has 25 heavy (non-hydrogen) atoms. The van der Waals surface area contributed by atoms with Gasteiger partial charge in [0.15, 0.2) is 0 Å². The summed E-state index contributed by atoms with van der Waals surface area (Å²) in [6.07, 6.45) is 5.59. The second-order valence-corrected chi connectivity index (χ2v) is 6.47. The first-order valence-corrected chi connectivity index (χ1v) is 9.07. The third-order valence-corrected chi connectivity index (χ3v) is 4.86. The highest BCUT2D eigenvalue weighted by molar-refractivity contribution is 5.88. The minimum Gasteiger partial charge on any atom is -0.336 e. The van der Waals surface area contributed by atoms with E-state index >= 15 is 0 Å². The number of anilines is 1. The van der Waals surface area contributed by atoms with Gasteiger partial charge in [-0.25, -0.2) is 4.79 Å². The number of carbonyl (C=O) groups is 1. The largest absolute Gasteiger partial charge is 0.336 e. The Balaban J connectivity index is 1.51. The number of hydrogen-bond acceptors (Lipinski definition) is 3. The highest BCUT2D eigenvalue weighted by Gasteiger charge is 2.22. The molecular formula is C19H27N5O. The fraction of sp³-hybridized carbons (Fsp3) is 0.474. The van der Waals surface area contributed by atoms with Gasteiger partial charge in [-0.2, -0.15) is 5.10 Å². The molecule has 6 nitrogen and oxygen atoms in total. The number of nitrogens with zero attached hydrogens (tertiary/aromatic N) is 3. The molecule has 0 saturated carbocycles. The fourth-order valence-corrected chi connectivity index (χ4v) is 3.35. The van der Waals surface area contributed by atoms with Gasteiger partial charge in [0, 0.05) is 38.4 Å². The monoisotopic (exact) mass is 341 g/mol. The molecule has 0 spiro atoms. The van der Waals surface area contributed by atoms with Crippen molar-refractivity contribution in [3.63, 3.8) is 0 Å². The smallest absolute Gasteiger partial charge is 0.319 e. The molecule has 1 aromatic carbocycles. The van der Waals surface area contributed by atoms with Crippen molar-refractivity contribution >= 4 is 11.7 Å². The molecule has 1 aliphatic heterocycles. The van der Waals surface area contributed by atoms with Crippen molar-refractivity contribution < 1.29 is 4.79 Å². The van der Waals surface area contributed by atoms with Gasteiger partial charge in [-0.05, 0) is 30.9 Å². The SMILES string of the molecule is CCC(CNC(=O)Nc1cnn(CC)c1)N1CCc2ccccc2C1. The topological polar surface area (TPSA) is 62.2 Å². The lowest BCUT2D eigenvalue weighted by molar-refractivity contribution is 0.170. The molecule has 0 bridgehead atoms. The lowest BCUT2D eigenvalue weighted by Gasteiger charge is -2.35. The number of rotatable bonds is 6. The summed E-state index contributed by atoms with van der Waals surface area (Å²) in [6, 6.07) is 8.81. The third-order valence-electron chi connectivity index (χ3n) is 4.86. The number of hydrogen-bond donors (Lipinski definition) is 2. The first-order chi connectivity index (χ1) is 12.2. The van der Waals surface area contributed by atoms with Gasteiger partial charge < -0.3 is 10.6 Å². The first kappa shape index (κ1) is 17.5. The van der Waals surface area contributed by atoms with Gasteiger partial charge in [-0.1, -0.05) is 31.2 Å². The lowest BCUT2D eigenvalue weighted by Crippen LogP contribution is -2.46. The molecule has 2 amide bonds. The maximum atomic E-state index is 12.1. The minimum absolute atomic E-state index is 0.175. The zero-order valence-electron chi connectivity index (χ0n) is 15.0. The number of nitrogens with one attached hydrogen (secondary N) is 2. The van der Waals surface area contributed by atoms with E-state index in [9.17, 15) is 4.79 Å². The summed E-state index contributed by atoms with van der Waals surface area (Å²) in [5.74, 6) is 0. The highest BCUT2D eigenvalue weighted by Crippen LogP contribution is 2.21. The predicted molar refractivity (Wildman–Crippen MR) is 99.6 cm³/mol. The molecule has 0 saturated heterocycles. The third kappa shape index (κ3) is 4.39. The molecule has 6 heteroatoms. The van der Waals surface area contributed by atoms with Gasteiger partial charge in [-0.15, -0.1) is 0 Å². The van der Waals surface area contributed by atoms with Crippen LogP contribution in [0.25, 0.3) is 0 Å². The van der Waals surface area contributed by atoms with Crippen LogP contribution in [0.5, 0.6) is 0 Å². The number of aromatic nitrogens is 2. The van der Waals surface area contributed by atoms with E-state index in [0.29, 0.717) is 12.6 Å². The summed E-state index contributed by atoms with van der Waals surface area (Å²) in [5, 5.41) is 10.0. The molecule has 0 radical (unpaired) electrons. The molecular weight excluding hydrogens is 314 g/mol. The minimum atomic E-state index is -0.175. The second kappa shape index (κ2) is 8.16. The van der Waals surface area contributed by atoms with Gasteiger partial charge in [0.2, 0.25) is 0 Å². The summed E-state index contributed by atoms with van der Waals surface area (Å²) in [6.45, 7) is 7.63. The Labute approximate surface area is 149 Å². The van der Waals surface area contributed by atoms with Crippen molar-refractivity contribution in [3.8, 4) is 0 Å². The molecule has 3 rings (SSSR count). The maximum absolute atomic E-state index is 12.1. The van der Waals surface area contributed by atoms with E-state index in [4.69, 9.17) is 0 Å². The highest BCUT2D eigenvalue weighted by atomic mass is 16.2. The number of carbonyl (C=O) groups excluding carboxylic acids is 1. The quantitative estimate of drug-likeness (QED) is 0.849. The van der Waals surface area contributed by atoms with Crippen LogP contribution in [0.2, 0.25) is 0 Å². The molecule has 2 N–H and O–H groups in total. The van der Waals surface area contributed by atoms with E-state index in [1.54, 1.807) is 10.9 Å². The van der Waals surface area contributed by atoms with Gasteiger partial charge >= 0.3 is 6.03 Å². The van der Waals surface area contributed by atoms with Crippen LogP contribution in [0.4, 0.5) is 10.5 Å². The maximum Gasteiger partial charge on any atom is 0.319 e. The average Bonchev–Trinajstić information content (AvgIpc) is 3.09. The van der Waals surface area contributed by atoms with Crippen molar-refractivity contribution in [2.75, 3.05) is 18.4 Å². The summed E-state index contributed by atoms with van der Waals surface area (Å²) in [7, 11) is 0. The van der Waals surface area contributed by atoms with E-state index in [1.807, 2.05) is 13.1 Å². The molecule has 1 atom stereocenters. The first-order valence-electron chi connectivity index (χ1n) is 9.07. The predicted octanol–water partition coefficient (Wildman–Crippen LogP) is 2.86. The number of amides is 2. The van der Waals surface area contributed by atoms with Crippen LogP contribution in [0.15, 0.2) is 36.7 Å². The van der Waals surface area contributed by atoms with Crippen LogP contribution < -0.4 is 10.6 Å². The zero-order valence-corrected chi connectivity index (χ0v) is 15.0. The Morgan fingerprint density at radius 2 is 2.08 bits per heavy atom. The van der Waals surface area contributed by atoms with Gasteiger partial charge in [0.1, 0.15) is 0 Å². The lowest BCUT2D eigenvalue weighted by atomic mass is 9.98. The van der Waals surface area contributed by atoms with Crippen LogP contribution in [-0.2, 0) is 19.5 Å². The molecule has 134 valence electrons. The summed E-state index contributed by atoms with van der Waals surface area (Å²) in [5.41, 5.74) is 3.58. The molecule has 0 aliphatic carbocycles. The van der Waals surface area contributed by atoms with Gasteiger partial charge in [-0.3, -0.25) is 9.58 Å². The summed E-state index contributed by atoms with van der Waals surface area (Å²) in [4.78, 5) is 14.6. The van der Waals surface area contributed by atoms with E-state index in [-0.39, 0.29) is 6.03 Å². The van der Waals surface area contributed by atoms with E-state index < -0.39 is 0 Å². The standard InChI is InChI=1S/C19H27N5O/c1-3-18(23-10-9-15-7-5-6-8-16(15)13-23)12-20-19(25)22-17-11-21-24(4-2)14-17/h5-8,11,14,18H,3-4,9-10,12-13H2,1-2H3,(H2,20,22,25). The summed E-state index contributed by atoms with van der Waals surface area (Å²) < 4.78 is 1.79. The molecule has 0 fully saturated rings. The molecule has 2 aromatic rings. The normalized spacial score (nSPS) is 15.4. The molecule has 1 aliphatic rings. The molecule has 1 aromatic heterocycles. The van der Waals surface area contributed by atoms with Crippen LogP contribution in [0.1, 0.15) is 31.4 Å². The van der Waals surface area contributed by atoms with E-state index in [0.717, 1.165) is 38.2 Å².